The predicted octanol–water partition coefficient (Wildman–Crippen LogP) is 6.04. The summed E-state index contributed by atoms with van der Waals surface area (Å²) in [6.07, 6.45) is 5.65. The van der Waals surface area contributed by atoms with Gasteiger partial charge in [-0.15, -0.1) is 0 Å². The zero-order valence-electron chi connectivity index (χ0n) is 22.5. The van der Waals surface area contributed by atoms with E-state index in [1.54, 1.807) is 0 Å². The van der Waals surface area contributed by atoms with E-state index in [4.69, 9.17) is 10.2 Å². The lowest BCUT2D eigenvalue weighted by Gasteiger charge is -2.35. The van der Waals surface area contributed by atoms with Crippen molar-refractivity contribution in [1.29, 1.82) is 5.26 Å². The lowest BCUT2D eigenvalue weighted by Crippen LogP contribution is -2.33. The minimum absolute atomic E-state index is 0.557. The number of H-pyrrole nitrogens is 1. The second-order valence-corrected chi connectivity index (χ2v) is 10.2. The maximum absolute atomic E-state index is 9.07. The minimum Gasteiger partial charge on any atom is -0.371 e. The molecule has 2 fully saturated rings. The molecule has 6 heteroatoms. The van der Waals surface area contributed by atoms with Gasteiger partial charge in [-0.2, -0.15) is 10.4 Å². The quantitative estimate of drug-likeness (QED) is 0.442. The summed E-state index contributed by atoms with van der Waals surface area (Å²) in [5, 5.41) is 16.9. The van der Waals surface area contributed by atoms with Crippen LogP contribution in [0.25, 0.3) is 11.4 Å². The number of nitrogens with one attached hydrogen (secondary N) is 1. The lowest BCUT2D eigenvalue weighted by atomic mass is 9.88. The van der Waals surface area contributed by atoms with E-state index in [9.17, 15) is 0 Å². The number of aromatic nitrogens is 3. The molecule has 5 rings (SSSR count). The summed E-state index contributed by atoms with van der Waals surface area (Å²) in [7, 11) is 4.17. The topological polar surface area (TPSA) is 71.8 Å². The molecule has 1 aliphatic heterocycles. The van der Waals surface area contributed by atoms with Crippen LogP contribution in [0.15, 0.2) is 36.4 Å². The van der Waals surface area contributed by atoms with E-state index in [1.807, 2.05) is 26.0 Å². The summed E-state index contributed by atoms with van der Waals surface area (Å²) in [6.45, 7) is 9.28. The van der Waals surface area contributed by atoms with E-state index in [2.05, 4.69) is 71.4 Å². The van der Waals surface area contributed by atoms with Crippen LogP contribution in [0.2, 0.25) is 0 Å². The summed E-state index contributed by atoms with van der Waals surface area (Å²) >= 11 is 0. The number of hydrogen-bond donors (Lipinski definition) is 1. The molecule has 0 amide bonds. The highest BCUT2D eigenvalue weighted by atomic mass is 15.2. The Bertz CT molecular complexity index is 1180. The van der Waals surface area contributed by atoms with Gasteiger partial charge in [-0.25, -0.2) is 4.98 Å². The second-order valence-electron chi connectivity index (χ2n) is 10.2. The van der Waals surface area contributed by atoms with E-state index in [0.717, 1.165) is 56.1 Å². The highest BCUT2D eigenvalue weighted by molar-refractivity contribution is 5.71. The molecule has 2 heterocycles. The van der Waals surface area contributed by atoms with Crippen LogP contribution in [0.4, 0.5) is 5.69 Å². The highest BCUT2D eigenvalue weighted by Crippen LogP contribution is 2.46. The molecule has 1 aliphatic carbocycles. The zero-order valence-corrected chi connectivity index (χ0v) is 22.5. The SMILES string of the molecule is CC.Cc1cc(C2CC2)c(-c2n[nH]c(CCN(C)C)n2)cc1N1CCC(c2ccc(C#N)cc2)CC1. The van der Waals surface area contributed by atoms with Crippen LogP contribution < -0.4 is 4.90 Å². The smallest absolute Gasteiger partial charge is 0.181 e. The fourth-order valence-corrected chi connectivity index (χ4v) is 5.13. The molecule has 1 aromatic heterocycles. The molecule has 3 aromatic rings. The number of benzene rings is 2. The number of anilines is 1. The molecule has 0 atom stereocenters. The van der Waals surface area contributed by atoms with Gasteiger partial charge in [0.2, 0.25) is 0 Å². The van der Waals surface area contributed by atoms with Gasteiger partial charge in [-0.05, 0) is 93.4 Å². The van der Waals surface area contributed by atoms with Crippen molar-refractivity contribution in [3.05, 3.63) is 64.5 Å². The minimum atomic E-state index is 0.557. The Labute approximate surface area is 216 Å². The number of piperidine rings is 1. The van der Waals surface area contributed by atoms with Crippen LogP contribution in [-0.4, -0.2) is 53.8 Å². The number of likely N-dealkylation sites (N-methyl/N-ethyl adjacent to an activating group) is 1. The van der Waals surface area contributed by atoms with Crippen LogP contribution >= 0.6 is 0 Å². The number of aromatic amines is 1. The van der Waals surface area contributed by atoms with Gasteiger partial charge in [0, 0.05) is 37.3 Å². The number of nitriles is 1. The van der Waals surface area contributed by atoms with Gasteiger partial charge in [0.1, 0.15) is 5.82 Å². The van der Waals surface area contributed by atoms with E-state index in [0.29, 0.717) is 11.8 Å². The molecule has 2 aliphatic rings. The Morgan fingerprint density at radius 1 is 1.03 bits per heavy atom. The molecule has 1 N–H and O–H groups in total. The molecule has 2 aromatic carbocycles. The molecule has 36 heavy (non-hydrogen) atoms. The second kappa shape index (κ2) is 11.7. The van der Waals surface area contributed by atoms with Gasteiger partial charge in [-0.1, -0.05) is 32.0 Å². The Morgan fingerprint density at radius 2 is 1.72 bits per heavy atom. The maximum Gasteiger partial charge on any atom is 0.181 e. The van der Waals surface area contributed by atoms with Gasteiger partial charge in [0.05, 0.1) is 11.6 Å². The third-order valence-corrected chi connectivity index (χ3v) is 7.30. The van der Waals surface area contributed by atoms with Crippen LogP contribution in [0.1, 0.15) is 79.4 Å². The third kappa shape index (κ3) is 5.96. The molecular weight excluding hydrogens is 444 g/mol. The Hall–Kier alpha value is -3.17. The first-order valence-corrected chi connectivity index (χ1v) is 13.5. The lowest BCUT2D eigenvalue weighted by molar-refractivity contribution is 0.410. The normalized spacial score (nSPS) is 16.0. The van der Waals surface area contributed by atoms with Crippen molar-refractivity contribution < 1.29 is 0 Å². The van der Waals surface area contributed by atoms with E-state index in [1.165, 1.54) is 40.8 Å². The number of aryl methyl sites for hydroxylation is 1. The van der Waals surface area contributed by atoms with Crippen molar-refractivity contribution in [3.8, 4) is 17.5 Å². The Balaban J connectivity index is 0.00000148. The molecule has 0 unspecified atom stereocenters. The molecule has 190 valence electrons. The number of hydrogen-bond acceptors (Lipinski definition) is 5. The zero-order chi connectivity index (χ0) is 25.7. The van der Waals surface area contributed by atoms with Crippen molar-refractivity contribution in [2.24, 2.45) is 0 Å². The van der Waals surface area contributed by atoms with Crippen LogP contribution in [0, 0.1) is 18.3 Å². The monoisotopic (exact) mass is 484 g/mol. The molecule has 1 saturated carbocycles. The average molecular weight is 485 g/mol. The largest absolute Gasteiger partial charge is 0.371 e. The van der Waals surface area contributed by atoms with Crippen LogP contribution in [-0.2, 0) is 6.42 Å². The van der Waals surface area contributed by atoms with Crippen LogP contribution in [0.5, 0.6) is 0 Å². The summed E-state index contributed by atoms with van der Waals surface area (Å²) in [4.78, 5) is 9.58. The van der Waals surface area contributed by atoms with Crippen molar-refractivity contribution in [2.45, 2.75) is 64.7 Å². The molecule has 0 spiro atoms. The number of rotatable bonds is 7. The summed E-state index contributed by atoms with van der Waals surface area (Å²) < 4.78 is 0. The van der Waals surface area contributed by atoms with Crippen LogP contribution in [0.3, 0.4) is 0 Å². The molecule has 6 nitrogen and oxygen atoms in total. The summed E-state index contributed by atoms with van der Waals surface area (Å²) in [5.74, 6) is 3.00. The Morgan fingerprint density at radius 3 is 2.33 bits per heavy atom. The third-order valence-electron chi connectivity index (χ3n) is 7.30. The van der Waals surface area contributed by atoms with Gasteiger partial charge in [0.15, 0.2) is 5.82 Å². The van der Waals surface area contributed by atoms with Gasteiger partial charge in [0.25, 0.3) is 0 Å². The summed E-state index contributed by atoms with van der Waals surface area (Å²) in [5.41, 5.74) is 7.36. The van der Waals surface area contributed by atoms with Crippen molar-refractivity contribution >= 4 is 5.69 Å². The van der Waals surface area contributed by atoms with Crippen molar-refractivity contribution in [1.82, 2.24) is 20.1 Å². The predicted molar refractivity (Wildman–Crippen MR) is 147 cm³/mol. The fourth-order valence-electron chi connectivity index (χ4n) is 5.13. The standard InChI is InChI=1S/C28H34N6.C2H6/c1-19-16-24(23-8-9-23)25(28-30-27(31-32-28)12-13-33(2)3)17-26(19)34-14-10-22(11-15-34)21-6-4-20(18-29)5-7-21;1-2/h4-7,16-17,22-23H,8-15H2,1-3H3,(H,30,31,32);1-2H3. The maximum atomic E-state index is 9.07. The molecule has 1 saturated heterocycles. The molecular formula is C30H40N6. The molecule has 0 bridgehead atoms. The first kappa shape index (κ1) is 25.9. The van der Waals surface area contributed by atoms with E-state index >= 15 is 0 Å². The van der Waals surface area contributed by atoms with Crippen molar-refractivity contribution in [2.75, 3.05) is 38.6 Å². The first-order valence-electron chi connectivity index (χ1n) is 13.5. The molecule has 0 radical (unpaired) electrons. The van der Waals surface area contributed by atoms with E-state index in [-0.39, 0.29) is 0 Å². The average Bonchev–Trinajstić information content (AvgIpc) is 3.66. The van der Waals surface area contributed by atoms with Gasteiger partial charge >= 0.3 is 0 Å². The van der Waals surface area contributed by atoms with Crippen molar-refractivity contribution in [3.63, 3.8) is 0 Å². The summed E-state index contributed by atoms with van der Waals surface area (Å²) in [6, 6.07) is 15.1. The van der Waals surface area contributed by atoms with E-state index < -0.39 is 0 Å². The van der Waals surface area contributed by atoms with Gasteiger partial charge < -0.3 is 9.80 Å². The Kier molecular flexibility index (Phi) is 8.43. The number of nitrogens with zero attached hydrogens (tertiary/aromatic N) is 5. The van der Waals surface area contributed by atoms with Gasteiger partial charge in [-0.3, -0.25) is 5.10 Å². The first-order chi connectivity index (χ1) is 17.5. The fraction of sp³-hybridized carbons (Fsp3) is 0.500. The highest BCUT2D eigenvalue weighted by Gasteiger charge is 2.30.